The molecule has 0 radical (unpaired) electrons. The van der Waals surface area contributed by atoms with Crippen molar-refractivity contribution in [3.63, 3.8) is 0 Å². The Balaban J connectivity index is 1.63. The van der Waals surface area contributed by atoms with Crippen molar-refractivity contribution in [3.05, 3.63) is 88.9 Å². The molecule has 2 aromatic carbocycles. The predicted molar refractivity (Wildman–Crippen MR) is 127 cm³/mol. The Morgan fingerprint density at radius 2 is 1.91 bits per heavy atom. The molecule has 7 heteroatoms. The van der Waals surface area contributed by atoms with Crippen molar-refractivity contribution in [1.29, 1.82) is 0 Å². The van der Waals surface area contributed by atoms with Crippen LogP contribution in [0.3, 0.4) is 0 Å². The van der Waals surface area contributed by atoms with Crippen LogP contribution in [0.4, 0.5) is 0 Å². The molecule has 2 aromatic heterocycles. The van der Waals surface area contributed by atoms with E-state index in [1.165, 1.54) is 0 Å². The fraction of sp³-hybridized carbons (Fsp3) is 0.200. The van der Waals surface area contributed by atoms with Gasteiger partial charge in [0.15, 0.2) is 0 Å². The summed E-state index contributed by atoms with van der Waals surface area (Å²) < 4.78 is 12.6. The van der Waals surface area contributed by atoms with Gasteiger partial charge in [0.2, 0.25) is 0 Å². The third kappa shape index (κ3) is 4.68. The van der Waals surface area contributed by atoms with E-state index in [0.29, 0.717) is 29.3 Å². The minimum absolute atomic E-state index is 0.190. The summed E-state index contributed by atoms with van der Waals surface area (Å²) in [5.41, 5.74) is 3.18. The summed E-state index contributed by atoms with van der Waals surface area (Å²) in [4.78, 5) is 14.3. The average Bonchev–Trinajstić information content (AvgIpc) is 3.49. The molecular formula is C25H25N3O3S. The van der Waals surface area contributed by atoms with E-state index >= 15 is 0 Å². The maximum absolute atomic E-state index is 13.3. The number of hydrogen-bond acceptors (Lipinski definition) is 5. The molecular weight excluding hydrogens is 422 g/mol. The van der Waals surface area contributed by atoms with Crippen LogP contribution in [-0.2, 0) is 6.54 Å². The van der Waals surface area contributed by atoms with Crippen molar-refractivity contribution in [2.24, 2.45) is 0 Å². The minimum atomic E-state index is -0.291. The second-order valence-electron chi connectivity index (χ2n) is 7.35. The normalized spacial score (nSPS) is 11.7. The molecule has 6 nitrogen and oxygen atoms in total. The Kier molecular flexibility index (Phi) is 6.56. The molecule has 0 fully saturated rings. The smallest absolute Gasteiger partial charge is 0.255 e. The number of benzene rings is 2. The van der Waals surface area contributed by atoms with Crippen molar-refractivity contribution in [1.82, 2.24) is 15.1 Å². The van der Waals surface area contributed by atoms with Crippen molar-refractivity contribution < 1.29 is 14.3 Å². The lowest BCUT2D eigenvalue weighted by atomic mass is 10.1. The van der Waals surface area contributed by atoms with E-state index in [2.05, 4.69) is 5.32 Å². The standard InChI is InChI=1S/C25H25N3O3S/c1-17(20-14-19(30-2)11-12-22(20)31-3)26-25(29)21-16-28(15-18-8-5-4-6-9-18)27-24(21)23-10-7-13-32-23/h4-14,16-17H,15H2,1-3H3,(H,26,29)/t17-/m0/s1. The van der Waals surface area contributed by atoms with Gasteiger partial charge in [-0.2, -0.15) is 5.10 Å². The molecule has 0 bridgehead atoms. The molecule has 1 amide bonds. The van der Waals surface area contributed by atoms with Gasteiger partial charge in [-0.1, -0.05) is 36.4 Å². The zero-order valence-electron chi connectivity index (χ0n) is 18.2. The highest BCUT2D eigenvalue weighted by molar-refractivity contribution is 7.13. The quantitative estimate of drug-likeness (QED) is 0.405. The van der Waals surface area contributed by atoms with E-state index in [1.807, 2.05) is 83.8 Å². The van der Waals surface area contributed by atoms with Crippen molar-refractivity contribution in [2.45, 2.75) is 19.5 Å². The lowest BCUT2D eigenvalue weighted by molar-refractivity contribution is 0.0940. The number of nitrogens with one attached hydrogen (secondary N) is 1. The Bertz CT molecular complexity index is 1190. The fourth-order valence-corrected chi connectivity index (χ4v) is 4.29. The average molecular weight is 448 g/mol. The highest BCUT2D eigenvalue weighted by atomic mass is 32.1. The SMILES string of the molecule is COc1ccc(OC)c([C@H](C)NC(=O)c2cn(Cc3ccccc3)nc2-c2cccs2)c1. The molecule has 4 aromatic rings. The van der Waals surface area contributed by atoms with Crippen LogP contribution in [0, 0.1) is 0 Å². The van der Waals surface area contributed by atoms with Gasteiger partial charge in [0.05, 0.1) is 37.2 Å². The molecule has 164 valence electrons. The molecule has 32 heavy (non-hydrogen) atoms. The van der Waals surface area contributed by atoms with E-state index < -0.39 is 0 Å². The Morgan fingerprint density at radius 3 is 2.59 bits per heavy atom. The van der Waals surface area contributed by atoms with Gasteiger partial charge >= 0.3 is 0 Å². The number of nitrogens with zero attached hydrogens (tertiary/aromatic N) is 2. The molecule has 0 aliphatic heterocycles. The van der Waals surface area contributed by atoms with Gasteiger partial charge in [0, 0.05) is 11.8 Å². The number of thiophene rings is 1. The first-order valence-corrected chi connectivity index (χ1v) is 11.1. The van der Waals surface area contributed by atoms with Crippen LogP contribution in [0.15, 0.2) is 72.2 Å². The van der Waals surface area contributed by atoms with Crippen molar-refractivity contribution in [2.75, 3.05) is 14.2 Å². The first-order chi connectivity index (χ1) is 15.6. The molecule has 1 atom stereocenters. The number of aromatic nitrogens is 2. The van der Waals surface area contributed by atoms with E-state index in [1.54, 1.807) is 25.6 Å². The van der Waals surface area contributed by atoms with Crippen LogP contribution in [0.1, 0.15) is 34.5 Å². The second-order valence-corrected chi connectivity index (χ2v) is 8.30. The molecule has 0 aliphatic rings. The van der Waals surface area contributed by atoms with Gasteiger partial charge < -0.3 is 14.8 Å². The topological polar surface area (TPSA) is 65.4 Å². The summed E-state index contributed by atoms with van der Waals surface area (Å²) in [6.45, 7) is 2.51. The first-order valence-electron chi connectivity index (χ1n) is 10.3. The number of rotatable bonds is 8. The van der Waals surface area contributed by atoms with E-state index in [-0.39, 0.29) is 11.9 Å². The van der Waals surface area contributed by atoms with Crippen LogP contribution < -0.4 is 14.8 Å². The van der Waals surface area contributed by atoms with E-state index in [4.69, 9.17) is 14.6 Å². The van der Waals surface area contributed by atoms with E-state index in [0.717, 1.165) is 16.0 Å². The monoisotopic (exact) mass is 447 g/mol. The molecule has 0 aliphatic carbocycles. The molecule has 0 unspecified atom stereocenters. The number of carbonyl (C=O) groups is 1. The number of methoxy groups -OCH3 is 2. The maximum Gasteiger partial charge on any atom is 0.255 e. The summed E-state index contributed by atoms with van der Waals surface area (Å²) in [6, 6.07) is 19.3. The van der Waals surface area contributed by atoms with Crippen LogP contribution in [-0.4, -0.2) is 29.9 Å². The Morgan fingerprint density at radius 1 is 1.09 bits per heavy atom. The van der Waals surface area contributed by atoms with Gasteiger partial charge in [-0.25, -0.2) is 0 Å². The summed E-state index contributed by atoms with van der Waals surface area (Å²) >= 11 is 1.56. The zero-order valence-corrected chi connectivity index (χ0v) is 19.1. The van der Waals surface area contributed by atoms with Gasteiger partial charge in [0.1, 0.15) is 17.2 Å². The highest BCUT2D eigenvalue weighted by Crippen LogP contribution is 2.31. The minimum Gasteiger partial charge on any atom is -0.497 e. The van der Waals surface area contributed by atoms with Crippen molar-refractivity contribution >= 4 is 17.2 Å². The second kappa shape index (κ2) is 9.70. The van der Waals surface area contributed by atoms with Crippen LogP contribution in [0.25, 0.3) is 10.6 Å². The van der Waals surface area contributed by atoms with Gasteiger partial charge in [-0.05, 0) is 42.1 Å². The van der Waals surface area contributed by atoms with Gasteiger partial charge in [0.25, 0.3) is 5.91 Å². The lowest BCUT2D eigenvalue weighted by Gasteiger charge is -2.18. The zero-order chi connectivity index (χ0) is 22.5. The molecule has 2 heterocycles. The van der Waals surface area contributed by atoms with Crippen LogP contribution >= 0.6 is 11.3 Å². The van der Waals surface area contributed by atoms with Gasteiger partial charge in [-0.15, -0.1) is 11.3 Å². The fourth-order valence-electron chi connectivity index (χ4n) is 3.56. The summed E-state index contributed by atoms with van der Waals surface area (Å²) in [5.74, 6) is 1.21. The number of carbonyl (C=O) groups excluding carboxylic acids is 1. The molecule has 4 rings (SSSR count). The summed E-state index contributed by atoms with van der Waals surface area (Å²) in [6.07, 6.45) is 1.81. The van der Waals surface area contributed by atoms with Crippen LogP contribution in [0.5, 0.6) is 11.5 Å². The van der Waals surface area contributed by atoms with E-state index in [9.17, 15) is 4.79 Å². The molecule has 0 spiro atoms. The lowest BCUT2D eigenvalue weighted by Crippen LogP contribution is -2.27. The summed E-state index contributed by atoms with van der Waals surface area (Å²) in [7, 11) is 3.23. The third-order valence-electron chi connectivity index (χ3n) is 5.20. The van der Waals surface area contributed by atoms with Gasteiger partial charge in [-0.3, -0.25) is 9.48 Å². The van der Waals surface area contributed by atoms with Crippen molar-refractivity contribution in [3.8, 4) is 22.1 Å². The Labute approximate surface area is 191 Å². The molecule has 0 saturated carbocycles. The Hall–Kier alpha value is -3.58. The highest BCUT2D eigenvalue weighted by Gasteiger charge is 2.22. The molecule has 1 N–H and O–H groups in total. The third-order valence-corrected chi connectivity index (χ3v) is 6.08. The molecule has 0 saturated heterocycles. The largest absolute Gasteiger partial charge is 0.497 e. The predicted octanol–water partition coefficient (Wildman–Crippen LogP) is 5.17. The number of amides is 1. The van der Waals surface area contributed by atoms with Crippen LogP contribution in [0.2, 0.25) is 0 Å². The first kappa shape index (κ1) is 21.6. The maximum atomic E-state index is 13.3. The number of hydrogen-bond donors (Lipinski definition) is 1. The summed E-state index contributed by atoms with van der Waals surface area (Å²) in [5, 5.41) is 9.81. The number of ether oxygens (including phenoxy) is 2.